The molecule has 0 fully saturated rings. The third-order valence-electron chi connectivity index (χ3n) is 2.37. The Morgan fingerprint density at radius 3 is 2.41 bits per heavy atom. The van der Waals surface area contributed by atoms with E-state index in [2.05, 4.69) is 11.9 Å². The van der Waals surface area contributed by atoms with Crippen molar-refractivity contribution in [2.75, 3.05) is 18.5 Å². The molecule has 0 aliphatic rings. The van der Waals surface area contributed by atoms with Crippen molar-refractivity contribution in [3.63, 3.8) is 0 Å². The summed E-state index contributed by atoms with van der Waals surface area (Å²) in [6, 6.07) is 3.51. The van der Waals surface area contributed by atoms with E-state index in [-0.39, 0.29) is 30.0 Å². The third-order valence-corrected chi connectivity index (χ3v) is 2.37. The van der Waals surface area contributed by atoms with Crippen molar-refractivity contribution in [3.8, 4) is 5.75 Å². The van der Waals surface area contributed by atoms with E-state index < -0.39 is 23.8 Å². The van der Waals surface area contributed by atoms with Gasteiger partial charge in [-0.25, -0.2) is 14.4 Å². The van der Waals surface area contributed by atoms with Gasteiger partial charge in [-0.3, -0.25) is 5.32 Å². The summed E-state index contributed by atoms with van der Waals surface area (Å²) in [5.74, 6) is -2.36. The first kappa shape index (κ1) is 17.0. The van der Waals surface area contributed by atoms with Gasteiger partial charge in [0.25, 0.3) is 0 Å². The topological polar surface area (TPSA) is 122 Å². The first-order valence-corrected chi connectivity index (χ1v) is 6.14. The van der Waals surface area contributed by atoms with Crippen molar-refractivity contribution in [1.29, 1.82) is 0 Å². The molecule has 1 amide bonds. The minimum atomic E-state index is -1.29. The molecular formula is C14H15NO7. The summed E-state index contributed by atoms with van der Waals surface area (Å²) in [6.07, 6.45) is -0.839. The summed E-state index contributed by atoms with van der Waals surface area (Å²) in [4.78, 5) is 33.2. The van der Waals surface area contributed by atoms with Gasteiger partial charge in [0.15, 0.2) is 0 Å². The maximum Gasteiger partial charge on any atom is 0.411 e. The highest BCUT2D eigenvalue weighted by Gasteiger charge is 2.11. The van der Waals surface area contributed by atoms with Crippen LogP contribution in [0.2, 0.25) is 0 Å². The minimum Gasteiger partial charge on any atom is -0.507 e. The summed E-state index contributed by atoms with van der Waals surface area (Å²) < 4.78 is 9.46. The van der Waals surface area contributed by atoms with Crippen LogP contribution in [0.25, 0.3) is 0 Å². The highest BCUT2D eigenvalue weighted by atomic mass is 16.6. The minimum absolute atomic E-state index is 0.123. The van der Waals surface area contributed by atoms with Crippen LogP contribution in [0.4, 0.5) is 10.5 Å². The first-order valence-electron chi connectivity index (χ1n) is 6.14. The quantitative estimate of drug-likeness (QED) is 0.415. The Morgan fingerprint density at radius 2 is 1.86 bits per heavy atom. The van der Waals surface area contributed by atoms with E-state index in [4.69, 9.17) is 14.6 Å². The molecule has 0 atom stereocenters. The van der Waals surface area contributed by atoms with Gasteiger partial charge in [-0.2, -0.15) is 0 Å². The van der Waals surface area contributed by atoms with Crippen LogP contribution in [-0.2, 0) is 14.3 Å². The number of hydrogen-bond acceptors (Lipinski definition) is 6. The van der Waals surface area contributed by atoms with Crippen molar-refractivity contribution in [1.82, 2.24) is 0 Å². The monoisotopic (exact) mass is 309 g/mol. The van der Waals surface area contributed by atoms with E-state index in [0.29, 0.717) is 0 Å². The fourth-order valence-electron chi connectivity index (χ4n) is 1.34. The van der Waals surface area contributed by atoms with E-state index in [9.17, 15) is 19.5 Å². The van der Waals surface area contributed by atoms with Crippen molar-refractivity contribution in [2.24, 2.45) is 0 Å². The lowest BCUT2D eigenvalue weighted by molar-refractivity contribution is -0.139. The zero-order valence-corrected chi connectivity index (χ0v) is 11.8. The van der Waals surface area contributed by atoms with Gasteiger partial charge in [-0.05, 0) is 19.1 Å². The van der Waals surface area contributed by atoms with Crippen molar-refractivity contribution in [2.45, 2.75) is 6.92 Å². The molecule has 0 heterocycles. The number of carbonyl (C=O) groups is 3. The van der Waals surface area contributed by atoms with Gasteiger partial charge in [0.05, 0.1) is 0 Å². The maximum absolute atomic E-state index is 11.4. The third kappa shape index (κ3) is 5.16. The molecule has 0 spiro atoms. The smallest absolute Gasteiger partial charge is 0.411 e. The fourth-order valence-corrected chi connectivity index (χ4v) is 1.34. The van der Waals surface area contributed by atoms with Gasteiger partial charge < -0.3 is 19.7 Å². The van der Waals surface area contributed by atoms with E-state index >= 15 is 0 Å². The molecule has 0 saturated carbocycles. The van der Waals surface area contributed by atoms with Gasteiger partial charge in [0.1, 0.15) is 24.5 Å². The summed E-state index contributed by atoms with van der Waals surface area (Å²) in [5.41, 5.74) is 0.107. The van der Waals surface area contributed by atoms with Crippen LogP contribution in [0.3, 0.4) is 0 Å². The lowest BCUT2D eigenvalue weighted by Crippen LogP contribution is -2.18. The zero-order valence-electron chi connectivity index (χ0n) is 11.8. The predicted molar refractivity (Wildman–Crippen MR) is 75.8 cm³/mol. The first-order chi connectivity index (χ1) is 10.3. The van der Waals surface area contributed by atoms with Crippen molar-refractivity contribution >= 4 is 23.7 Å². The second-order valence-electron chi connectivity index (χ2n) is 4.21. The Hall–Kier alpha value is -3.03. The van der Waals surface area contributed by atoms with Crippen molar-refractivity contribution in [3.05, 3.63) is 35.9 Å². The van der Waals surface area contributed by atoms with E-state index in [1.807, 2.05) is 0 Å². The molecule has 1 aromatic carbocycles. The molecule has 1 aromatic rings. The largest absolute Gasteiger partial charge is 0.507 e. The van der Waals surface area contributed by atoms with Crippen molar-refractivity contribution < 1.29 is 34.1 Å². The number of carbonyl (C=O) groups excluding carboxylic acids is 2. The molecular weight excluding hydrogens is 294 g/mol. The molecule has 3 N–H and O–H groups in total. The van der Waals surface area contributed by atoms with Crippen LogP contribution in [0, 0.1) is 0 Å². The van der Waals surface area contributed by atoms with Crippen LogP contribution in [0.15, 0.2) is 30.4 Å². The second kappa shape index (κ2) is 7.67. The van der Waals surface area contributed by atoms with Gasteiger partial charge in [-0.15, -0.1) is 0 Å². The number of carboxylic acid groups (broad SMARTS) is 1. The average Bonchev–Trinajstić information content (AvgIpc) is 2.42. The maximum atomic E-state index is 11.4. The molecule has 22 heavy (non-hydrogen) atoms. The number of hydrogen-bond donors (Lipinski definition) is 3. The number of aromatic hydroxyl groups is 1. The van der Waals surface area contributed by atoms with E-state index in [1.54, 1.807) is 0 Å². The summed E-state index contributed by atoms with van der Waals surface area (Å²) in [5, 5.41) is 20.5. The Bertz CT molecular complexity index is 609. The van der Waals surface area contributed by atoms with Crippen LogP contribution >= 0.6 is 0 Å². The lowest BCUT2D eigenvalue weighted by Gasteiger charge is -2.08. The van der Waals surface area contributed by atoms with Gasteiger partial charge in [0, 0.05) is 17.3 Å². The Balaban J connectivity index is 2.42. The SMILES string of the molecule is C=C(C)C(=O)OCCOC(=O)Nc1ccc(C(=O)O)c(O)c1. The number of aromatic carboxylic acids is 1. The summed E-state index contributed by atoms with van der Waals surface area (Å²) in [7, 11) is 0. The molecule has 0 aromatic heterocycles. The number of nitrogens with one attached hydrogen (secondary N) is 1. The number of rotatable bonds is 6. The Labute approximate surface area is 126 Å². The highest BCUT2D eigenvalue weighted by molar-refractivity contribution is 5.92. The number of amides is 1. The number of anilines is 1. The van der Waals surface area contributed by atoms with Gasteiger partial charge >= 0.3 is 18.0 Å². The van der Waals surface area contributed by atoms with Gasteiger partial charge in [-0.1, -0.05) is 6.58 Å². The summed E-state index contributed by atoms with van der Waals surface area (Å²) in [6.45, 7) is 4.60. The highest BCUT2D eigenvalue weighted by Crippen LogP contribution is 2.21. The molecule has 0 aliphatic carbocycles. The number of carboxylic acids is 1. The average molecular weight is 309 g/mol. The molecule has 8 heteroatoms. The zero-order chi connectivity index (χ0) is 16.7. The number of benzene rings is 1. The Morgan fingerprint density at radius 1 is 1.23 bits per heavy atom. The van der Waals surface area contributed by atoms with E-state index in [1.165, 1.54) is 13.0 Å². The van der Waals surface area contributed by atoms with E-state index in [0.717, 1.165) is 12.1 Å². The number of esters is 1. The molecule has 0 bridgehead atoms. The van der Waals surface area contributed by atoms with Crippen LogP contribution < -0.4 is 5.32 Å². The molecule has 118 valence electrons. The van der Waals surface area contributed by atoms with Crippen LogP contribution in [0.1, 0.15) is 17.3 Å². The summed E-state index contributed by atoms with van der Waals surface area (Å²) >= 11 is 0. The Kier molecular flexibility index (Phi) is 5.94. The van der Waals surface area contributed by atoms with Crippen LogP contribution in [-0.4, -0.2) is 41.5 Å². The molecule has 0 radical (unpaired) electrons. The second-order valence-corrected chi connectivity index (χ2v) is 4.21. The predicted octanol–water partition coefficient (Wildman–Crippen LogP) is 1.76. The number of ether oxygens (including phenoxy) is 2. The molecule has 8 nitrogen and oxygen atoms in total. The molecule has 0 saturated heterocycles. The van der Waals surface area contributed by atoms with Gasteiger partial charge in [0.2, 0.25) is 0 Å². The molecule has 1 rings (SSSR count). The fraction of sp³-hybridized carbons (Fsp3) is 0.214. The molecule has 0 aliphatic heterocycles. The standard InChI is InChI=1S/C14H15NO7/c1-8(2)13(19)21-5-6-22-14(20)15-9-3-4-10(12(17)18)11(16)7-9/h3-4,7,16H,1,5-6H2,2H3,(H,15,20)(H,17,18). The van der Waals surface area contributed by atoms with Crippen LogP contribution in [0.5, 0.6) is 5.75 Å². The number of phenols is 1. The lowest BCUT2D eigenvalue weighted by atomic mass is 10.2. The molecule has 0 unspecified atom stereocenters. The normalized spacial score (nSPS) is 9.68.